The van der Waals surface area contributed by atoms with E-state index in [1.54, 1.807) is 0 Å². The van der Waals surface area contributed by atoms with Gasteiger partial charge >= 0.3 is 0 Å². The van der Waals surface area contributed by atoms with E-state index in [-0.39, 0.29) is 24.2 Å². The number of halogens is 1. The summed E-state index contributed by atoms with van der Waals surface area (Å²) >= 11 is 1.52. The summed E-state index contributed by atoms with van der Waals surface area (Å²) in [5.41, 5.74) is 5.43. The fourth-order valence-corrected chi connectivity index (χ4v) is 3.92. The Hall–Kier alpha value is -1.11. The van der Waals surface area contributed by atoms with Crippen molar-refractivity contribution in [3.8, 4) is 0 Å². The van der Waals surface area contributed by atoms with Crippen LogP contribution in [0.1, 0.15) is 41.2 Å². The maximum absolute atomic E-state index is 12.8. The van der Waals surface area contributed by atoms with E-state index in [9.17, 15) is 9.59 Å². The van der Waals surface area contributed by atoms with Crippen LogP contribution in [-0.2, 0) is 4.79 Å². The molecule has 1 fully saturated rings. The Balaban J connectivity index is 0.00000288. The minimum Gasteiger partial charge on any atom is -0.339 e. The van der Waals surface area contributed by atoms with E-state index in [0.717, 1.165) is 22.6 Å². The van der Waals surface area contributed by atoms with Crippen LogP contribution in [0.15, 0.2) is 12.1 Å². The number of piperazine rings is 1. The first-order valence-electron chi connectivity index (χ1n) is 8.32. The number of thiophene rings is 1. The lowest BCUT2D eigenvalue weighted by molar-refractivity contribution is -0.143. The minimum atomic E-state index is -0.447. The number of hydrogen-bond donors (Lipinski definition) is 1. The first-order valence-corrected chi connectivity index (χ1v) is 9.14. The number of amides is 2. The Morgan fingerprint density at radius 3 is 2.08 bits per heavy atom. The second-order valence-electron chi connectivity index (χ2n) is 6.19. The van der Waals surface area contributed by atoms with Gasteiger partial charge in [0.15, 0.2) is 0 Å². The summed E-state index contributed by atoms with van der Waals surface area (Å²) in [5, 5.41) is 0. The molecule has 7 heteroatoms. The number of nitrogens with two attached hydrogens (primary N) is 1. The summed E-state index contributed by atoms with van der Waals surface area (Å²) in [7, 11) is 0. The highest BCUT2D eigenvalue weighted by molar-refractivity contribution is 7.13. The van der Waals surface area contributed by atoms with Gasteiger partial charge in [-0.1, -0.05) is 13.8 Å². The Morgan fingerprint density at radius 1 is 1.12 bits per heavy atom. The van der Waals surface area contributed by atoms with Crippen LogP contribution in [0.2, 0.25) is 0 Å². The van der Waals surface area contributed by atoms with Crippen molar-refractivity contribution in [1.29, 1.82) is 0 Å². The molecule has 0 atom stereocenters. The minimum absolute atomic E-state index is 0. The smallest absolute Gasteiger partial charge is 0.264 e. The third-order valence-electron chi connectivity index (χ3n) is 5.00. The third-order valence-corrected chi connectivity index (χ3v) is 5.99. The highest BCUT2D eigenvalue weighted by atomic mass is 35.5. The summed E-state index contributed by atoms with van der Waals surface area (Å²) < 4.78 is 0. The zero-order valence-electron chi connectivity index (χ0n) is 14.7. The first kappa shape index (κ1) is 20.9. The van der Waals surface area contributed by atoms with Crippen LogP contribution in [-0.4, -0.2) is 54.3 Å². The molecule has 1 aromatic heterocycles. The van der Waals surface area contributed by atoms with Gasteiger partial charge < -0.3 is 15.5 Å². The normalized spacial score (nSPS) is 15.2. The van der Waals surface area contributed by atoms with Gasteiger partial charge in [-0.05, 0) is 31.9 Å². The molecule has 0 saturated carbocycles. The van der Waals surface area contributed by atoms with Crippen molar-refractivity contribution in [3.05, 3.63) is 21.9 Å². The Labute approximate surface area is 154 Å². The number of carbonyl (C=O) groups is 2. The average molecular weight is 374 g/mol. The van der Waals surface area contributed by atoms with Gasteiger partial charge in [-0.25, -0.2) is 0 Å². The number of hydrogen-bond acceptors (Lipinski definition) is 4. The van der Waals surface area contributed by atoms with Gasteiger partial charge in [0.1, 0.15) is 0 Å². The topological polar surface area (TPSA) is 66.6 Å². The lowest BCUT2D eigenvalue weighted by Gasteiger charge is -2.40. The van der Waals surface area contributed by atoms with Crippen LogP contribution < -0.4 is 5.73 Å². The molecule has 0 aliphatic carbocycles. The van der Waals surface area contributed by atoms with Crippen LogP contribution >= 0.6 is 23.7 Å². The zero-order valence-corrected chi connectivity index (χ0v) is 16.3. The Bertz CT molecular complexity index is 556. The Morgan fingerprint density at radius 2 is 1.67 bits per heavy atom. The molecule has 2 rings (SSSR count). The maximum Gasteiger partial charge on any atom is 0.264 e. The van der Waals surface area contributed by atoms with Crippen molar-refractivity contribution in [3.63, 3.8) is 0 Å². The molecule has 2 N–H and O–H groups in total. The Kier molecular flexibility index (Phi) is 7.70. The molecule has 1 aliphatic heterocycles. The molecule has 136 valence electrons. The highest BCUT2D eigenvalue weighted by Crippen LogP contribution is 2.28. The second-order valence-corrected chi connectivity index (χ2v) is 7.47. The summed E-state index contributed by atoms with van der Waals surface area (Å²) in [4.78, 5) is 30.9. The van der Waals surface area contributed by atoms with Gasteiger partial charge in [-0.3, -0.25) is 9.59 Å². The van der Waals surface area contributed by atoms with Crippen LogP contribution in [0.25, 0.3) is 0 Å². The quantitative estimate of drug-likeness (QED) is 0.862. The molecule has 0 aromatic carbocycles. The van der Waals surface area contributed by atoms with Crippen molar-refractivity contribution in [1.82, 2.24) is 9.80 Å². The molecule has 2 amide bonds. The zero-order chi connectivity index (χ0) is 17.0. The molecule has 1 aromatic rings. The second kappa shape index (κ2) is 8.83. The van der Waals surface area contributed by atoms with Crippen molar-refractivity contribution >= 4 is 35.6 Å². The molecule has 2 heterocycles. The van der Waals surface area contributed by atoms with E-state index in [1.165, 1.54) is 11.3 Å². The average Bonchev–Trinajstić information content (AvgIpc) is 3.03. The number of nitrogens with zero attached hydrogens (tertiary/aromatic N) is 2. The SMILES string of the molecule is CCC(CC)(CN)C(=O)N1CCN(C(=O)c2ccc(C)s2)CC1.Cl. The first-order chi connectivity index (χ1) is 11.0. The molecule has 0 bridgehead atoms. The van der Waals surface area contributed by atoms with Crippen molar-refractivity contribution in [2.24, 2.45) is 11.1 Å². The highest BCUT2D eigenvalue weighted by Gasteiger charge is 2.38. The molecule has 0 spiro atoms. The van der Waals surface area contributed by atoms with Crippen LogP contribution in [0.3, 0.4) is 0 Å². The molecule has 5 nitrogen and oxygen atoms in total. The van der Waals surface area contributed by atoms with E-state index in [2.05, 4.69) is 0 Å². The maximum atomic E-state index is 12.8. The summed E-state index contributed by atoms with van der Waals surface area (Å²) in [5.74, 6) is 0.218. The predicted octanol–water partition coefficient (Wildman–Crippen LogP) is 2.53. The van der Waals surface area contributed by atoms with E-state index < -0.39 is 5.41 Å². The molecular formula is C17H28ClN3O2S. The molecular weight excluding hydrogens is 346 g/mol. The molecule has 0 radical (unpaired) electrons. The van der Waals surface area contributed by atoms with Gasteiger partial charge in [-0.2, -0.15) is 0 Å². The molecule has 24 heavy (non-hydrogen) atoms. The number of carbonyl (C=O) groups excluding carboxylic acids is 2. The standard InChI is InChI=1S/C17H27N3O2S.ClH/c1-4-17(5-2,12-18)16(22)20-10-8-19(9-11-20)15(21)14-7-6-13(3)23-14;/h6-7H,4-5,8-12,18H2,1-3H3;1H. The van der Waals surface area contributed by atoms with Crippen molar-refractivity contribution in [2.45, 2.75) is 33.6 Å². The lowest BCUT2D eigenvalue weighted by Crippen LogP contribution is -2.55. The van der Waals surface area contributed by atoms with Crippen molar-refractivity contribution in [2.75, 3.05) is 32.7 Å². The summed E-state index contributed by atoms with van der Waals surface area (Å²) in [6.07, 6.45) is 1.51. The van der Waals surface area contributed by atoms with E-state index in [1.807, 2.05) is 42.7 Å². The fraction of sp³-hybridized carbons (Fsp3) is 0.647. The van der Waals surface area contributed by atoms with E-state index in [0.29, 0.717) is 32.7 Å². The number of aryl methyl sites for hydroxylation is 1. The fourth-order valence-electron chi connectivity index (χ4n) is 3.08. The van der Waals surface area contributed by atoms with Crippen LogP contribution in [0.5, 0.6) is 0 Å². The van der Waals surface area contributed by atoms with Crippen LogP contribution in [0.4, 0.5) is 0 Å². The van der Waals surface area contributed by atoms with Gasteiger partial charge in [0.2, 0.25) is 5.91 Å². The summed E-state index contributed by atoms with van der Waals surface area (Å²) in [6, 6.07) is 3.85. The molecule has 1 aliphatic rings. The summed E-state index contributed by atoms with van der Waals surface area (Å²) in [6.45, 7) is 8.80. The van der Waals surface area contributed by atoms with Gasteiger partial charge in [0, 0.05) is 37.6 Å². The monoisotopic (exact) mass is 373 g/mol. The van der Waals surface area contributed by atoms with Crippen molar-refractivity contribution < 1.29 is 9.59 Å². The van der Waals surface area contributed by atoms with E-state index >= 15 is 0 Å². The van der Waals surface area contributed by atoms with E-state index in [4.69, 9.17) is 5.73 Å². The van der Waals surface area contributed by atoms with Gasteiger partial charge in [0.05, 0.1) is 10.3 Å². The van der Waals surface area contributed by atoms with Gasteiger partial charge in [0.25, 0.3) is 5.91 Å². The van der Waals surface area contributed by atoms with Gasteiger partial charge in [-0.15, -0.1) is 23.7 Å². The largest absolute Gasteiger partial charge is 0.339 e. The van der Waals surface area contributed by atoms with Crippen LogP contribution in [0, 0.1) is 12.3 Å². The molecule has 1 saturated heterocycles. The third kappa shape index (κ3) is 4.10. The number of rotatable bonds is 5. The predicted molar refractivity (Wildman–Crippen MR) is 101 cm³/mol. The lowest BCUT2D eigenvalue weighted by atomic mass is 9.81. The molecule has 0 unspecified atom stereocenters.